The molecule has 0 saturated heterocycles. The third-order valence-corrected chi connectivity index (χ3v) is 2.26. The van der Waals surface area contributed by atoms with Gasteiger partial charge in [-0.2, -0.15) is 0 Å². The molecule has 0 fully saturated rings. The number of rotatable bonds is 5. The zero-order valence-electron chi connectivity index (χ0n) is 9.29. The van der Waals surface area contributed by atoms with Crippen molar-refractivity contribution >= 4 is 11.6 Å². The first kappa shape index (κ1) is 11.4. The number of hydrogen-bond acceptors (Lipinski definition) is 4. The van der Waals surface area contributed by atoms with Gasteiger partial charge in [0.05, 0.1) is 12.8 Å². The number of carboxylic acids is 1. The van der Waals surface area contributed by atoms with Gasteiger partial charge in [0.1, 0.15) is 18.0 Å². The smallest absolute Gasteiger partial charge is 0.354 e. The second-order valence-corrected chi connectivity index (χ2v) is 3.38. The van der Waals surface area contributed by atoms with Gasteiger partial charge in [-0.15, -0.1) is 0 Å². The van der Waals surface area contributed by atoms with Gasteiger partial charge in [0, 0.05) is 19.4 Å². The molecular formula is C11H12N2O4. The second kappa shape index (κ2) is 4.84. The summed E-state index contributed by atoms with van der Waals surface area (Å²) >= 11 is 0. The fourth-order valence-electron chi connectivity index (χ4n) is 1.45. The van der Waals surface area contributed by atoms with Crippen molar-refractivity contribution in [2.75, 3.05) is 20.3 Å². The van der Waals surface area contributed by atoms with Crippen molar-refractivity contribution in [1.29, 1.82) is 0 Å². The van der Waals surface area contributed by atoms with Crippen molar-refractivity contribution in [3.05, 3.63) is 30.2 Å². The van der Waals surface area contributed by atoms with E-state index in [4.69, 9.17) is 14.6 Å². The number of methoxy groups -OCH3 is 1. The summed E-state index contributed by atoms with van der Waals surface area (Å²) in [5.41, 5.74) is 0.667. The minimum atomic E-state index is -1.01. The van der Waals surface area contributed by atoms with E-state index in [1.54, 1.807) is 25.4 Å². The monoisotopic (exact) mass is 236 g/mol. The van der Waals surface area contributed by atoms with Crippen molar-refractivity contribution in [3.8, 4) is 5.75 Å². The third kappa shape index (κ3) is 2.36. The molecule has 0 aliphatic carbocycles. The molecule has 2 aromatic rings. The summed E-state index contributed by atoms with van der Waals surface area (Å²) < 4.78 is 11.8. The first-order chi connectivity index (χ1) is 8.22. The highest BCUT2D eigenvalue weighted by Crippen LogP contribution is 2.15. The number of carboxylic acid groups (broad SMARTS) is 1. The molecular weight excluding hydrogens is 224 g/mol. The summed E-state index contributed by atoms with van der Waals surface area (Å²) in [6.07, 6.45) is 2.94. The van der Waals surface area contributed by atoms with Gasteiger partial charge >= 0.3 is 5.97 Å². The molecule has 1 N–H and O–H groups in total. The van der Waals surface area contributed by atoms with Gasteiger partial charge in [-0.25, -0.2) is 9.78 Å². The molecule has 0 amide bonds. The Hall–Kier alpha value is -2.08. The van der Waals surface area contributed by atoms with Crippen molar-refractivity contribution in [1.82, 2.24) is 9.38 Å². The fourth-order valence-corrected chi connectivity index (χ4v) is 1.45. The molecule has 0 aliphatic heterocycles. The Morgan fingerprint density at radius 1 is 1.53 bits per heavy atom. The lowest BCUT2D eigenvalue weighted by atomic mass is 10.4. The molecule has 2 rings (SSSR count). The highest BCUT2D eigenvalue weighted by atomic mass is 16.5. The fraction of sp³-hybridized carbons (Fsp3) is 0.273. The van der Waals surface area contributed by atoms with Crippen LogP contribution in [0.3, 0.4) is 0 Å². The SMILES string of the molecule is COCCOc1ccn2c(C(=O)O)cnc2c1. The first-order valence-electron chi connectivity index (χ1n) is 5.04. The van der Waals surface area contributed by atoms with Gasteiger partial charge in [-0.1, -0.05) is 0 Å². The average molecular weight is 236 g/mol. The number of imidazole rings is 1. The van der Waals surface area contributed by atoms with Crippen molar-refractivity contribution in [3.63, 3.8) is 0 Å². The Labute approximate surface area is 97.4 Å². The Bertz CT molecular complexity index is 535. The third-order valence-electron chi connectivity index (χ3n) is 2.26. The number of aromatic nitrogens is 2. The summed E-state index contributed by atoms with van der Waals surface area (Å²) in [7, 11) is 1.60. The van der Waals surface area contributed by atoms with E-state index in [9.17, 15) is 4.79 Å². The van der Waals surface area contributed by atoms with Crippen LogP contribution in [-0.2, 0) is 4.74 Å². The van der Waals surface area contributed by atoms with E-state index in [-0.39, 0.29) is 5.69 Å². The number of hydrogen-bond donors (Lipinski definition) is 1. The summed E-state index contributed by atoms with van der Waals surface area (Å²) in [5, 5.41) is 8.91. The van der Waals surface area contributed by atoms with Crippen LogP contribution in [-0.4, -0.2) is 40.8 Å². The quantitative estimate of drug-likeness (QED) is 0.786. The molecule has 2 heterocycles. The van der Waals surface area contributed by atoms with Crippen LogP contribution in [0.1, 0.15) is 10.5 Å². The Morgan fingerprint density at radius 2 is 2.35 bits per heavy atom. The first-order valence-corrected chi connectivity index (χ1v) is 5.04. The number of nitrogens with zero attached hydrogens (tertiary/aromatic N) is 2. The van der Waals surface area contributed by atoms with E-state index in [0.29, 0.717) is 24.6 Å². The van der Waals surface area contributed by atoms with Crippen LogP contribution in [0.25, 0.3) is 5.65 Å². The number of pyridine rings is 1. The number of carbonyl (C=O) groups is 1. The number of aromatic carboxylic acids is 1. The van der Waals surface area contributed by atoms with Crippen molar-refractivity contribution in [2.45, 2.75) is 0 Å². The van der Waals surface area contributed by atoms with Crippen LogP contribution < -0.4 is 4.74 Å². The van der Waals surface area contributed by atoms with E-state index in [2.05, 4.69) is 4.98 Å². The maximum Gasteiger partial charge on any atom is 0.354 e. The summed E-state index contributed by atoms with van der Waals surface area (Å²) in [6, 6.07) is 3.37. The zero-order chi connectivity index (χ0) is 12.3. The topological polar surface area (TPSA) is 73.1 Å². The molecule has 0 aromatic carbocycles. The summed E-state index contributed by atoms with van der Waals surface area (Å²) in [5.74, 6) is -0.373. The molecule has 0 spiro atoms. The molecule has 0 radical (unpaired) electrons. The molecule has 6 nitrogen and oxygen atoms in total. The van der Waals surface area contributed by atoms with E-state index in [1.165, 1.54) is 10.6 Å². The molecule has 0 unspecified atom stereocenters. The van der Waals surface area contributed by atoms with Gasteiger partial charge in [-0.05, 0) is 6.07 Å². The normalized spacial score (nSPS) is 10.6. The summed E-state index contributed by atoms with van der Waals surface area (Å²) in [6.45, 7) is 0.944. The van der Waals surface area contributed by atoms with E-state index >= 15 is 0 Å². The molecule has 2 aromatic heterocycles. The maximum atomic E-state index is 10.9. The molecule has 0 atom stereocenters. The van der Waals surface area contributed by atoms with E-state index in [1.807, 2.05) is 0 Å². The molecule has 17 heavy (non-hydrogen) atoms. The minimum absolute atomic E-state index is 0.128. The summed E-state index contributed by atoms with van der Waals surface area (Å²) in [4.78, 5) is 14.9. The molecule has 0 saturated carbocycles. The highest BCUT2D eigenvalue weighted by Gasteiger charge is 2.10. The van der Waals surface area contributed by atoms with E-state index < -0.39 is 5.97 Å². The van der Waals surface area contributed by atoms with Gasteiger partial charge in [0.25, 0.3) is 0 Å². The van der Waals surface area contributed by atoms with Gasteiger partial charge in [0.2, 0.25) is 0 Å². The lowest BCUT2D eigenvalue weighted by Crippen LogP contribution is -2.05. The Balaban J connectivity index is 2.23. The molecule has 0 bridgehead atoms. The van der Waals surface area contributed by atoms with Crippen LogP contribution in [0.4, 0.5) is 0 Å². The Kier molecular flexibility index (Phi) is 3.24. The largest absolute Gasteiger partial charge is 0.491 e. The lowest BCUT2D eigenvalue weighted by Gasteiger charge is -2.05. The zero-order valence-corrected chi connectivity index (χ0v) is 9.29. The average Bonchev–Trinajstić information content (AvgIpc) is 2.72. The van der Waals surface area contributed by atoms with Gasteiger partial charge in [0.15, 0.2) is 5.69 Å². The number of fused-ring (bicyclic) bond motifs is 1. The maximum absolute atomic E-state index is 10.9. The van der Waals surface area contributed by atoms with Crippen LogP contribution in [0.5, 0.6) is 5.75 Å². The highest BCUT2D eigenvalue weighted by molar-refractivity contribution is 5.86. The predicted molar refractivity (Wildman–Crippen MR) is 59.5 cm³/mol. The van der Waals surface area contributed by atoms with Gasteiger partial charge in [-0.3, -0.25) is 4.40 Å². The lowest BCUT2D eigenvalue weighted by molar-refractivity contribution is 0.0689. The minimum Gasteiger partial charge on any atom is -0.491 e. The standard InChI is InChI=1S/C11H12N2O4/c1-16-4-5-17-8-2-3-13-9(11(14)15)7-12-10(13)6-8/h2-3,6-7H,4-5H2,1H3,(H,14,15). The molecule has 6 heteroatoms. The van der Waals surface area contributed by atoms with E-state index in [0.717, 1.165) is 0 Å². The predicted octanol–water partition coefficient (Wildman–Crippen LogP) is 1.06. The number of ether oxygens (including phenoxy) is 2. The van der Waals surface area contributed by atoms with Crippen LogP contribution in [0, 0.1) is 0 Å². The Morgan fingerprint density at radius 3 is 3.06 bits per heavy atom. The molecule has 0 aliphatic rings. The van der Waals surface area contributed by atoms with Crippen LogP contribution >= 0.6 is 0 Å². The van der Waals surface area contributed by atoms with Gasteiger partial charge < -0.3 is 14.6 Å². The molecule has 90 valence electrons. The van der Waals surface area contributed by atoms with Crippen molar-refractivity contribution in [2.24, 2.45) is 0 Å². The van der Waals surface area contributed by atoms with Crippen LogP contribution in [0.15, 0.2) is 24.5 Å². The van der Waals surface area contributed by atoms with Crippen LogP contribution in [0.2, 0.25) is 0 Å². The second-order valence-electron chi connectivity index (χ2n) is 3.38. The van der Waals surface area contributed by atoms with Crippen molar-refractivity contribution < 1.29 is 19.4 Å².